The summed E-state index contributed by atoms with van der Waals surface area (Å²) in [5.41, 5.74) is 2.31. The maximum absolute atomic E-state index is 3.97. The van der Waals surface area contributed by atoms with E-state index in [1.807, 2.05) is 12.3 Å². The second-order valence-corrected chi connectivity index (χ2v) is 3.37. The lowest BCUT2D eigenvalue weighted by Gasteiger charge is -1.99. The Balaban J connectivity index is 1.97. The van der Waals surface area contributed by atoms with Gasteiger partial charge in [0.1, 0.15) is 0 Å². The normalized spacial score (nSPS) is 10.9. The molecule has 0 aliphatic carbocycles. The molecule has 0 radical (unpaired) electrons. The van der Waals surface area contributed by atoms with Crippen LogP contribution in [0.2, 0.25) is 0 Å². The Morgan fingerprint density at radius 3 is 3.13 bits per heavy atom. The number of aromatic amines is 1. The van der Waals surface area contributed by atoms with Gasteiger partial charge in [0.2, 0.25) is 0 Å². The fourth-order valence-corrected chi connectivity index (χ4v) is 1.63. The molecule has 0 aliphatic heterocycles. The molecule has 0 saturated heterocycles. The first kappa shape index (κ1) is 8.16. The van der Waals surface area contributed by atoms with Crippen LogP contribution in [0.5, 0.6) is 0 Å². The lowest BCUT2D eigenvalue weighted by molar-refractivity contribution is 0.572. The molecule has 0 bridgehead atoms. The second kappa shape index (κ2) is 3.20. The summed E-state index contributed by atoms with van der Waals surface area (Å²) in [5.74, 6) is 0. The first-order valence-electron chi connectivity index (χ1n) is 4.68. The van der Waals surface area contributed by atoms with Crippen molar-refractivity contribution in [2.24, 2.45) is 0 Å². The molecule has 2 aromatic heterocycles. The molecule has 0 saturated carbocycles. The maximum Gasteiger partial charge on any atom is 0.162 e. The van der Waals surface area contributed by atoms with Crippen molar-refractivity contribution in [3.63, 3.8) is 0 Å². The minimum absolute atomic E-state index is 0.654. The predicted molar refractivity (Wildman–Crippen MR) is 55.2 cm³/mol. The number of benzene rings is 1. The largest absolute Gasteiger partial charge is 0.361 e. The third kappa shape index (κ3) is 1.48. The Hall–Kier alpha value is -2.17. The molecule has 2 heterocycles. The van der Waals surface area contributed by atoms with Crippen molar-refractivity contribution in [2.75, 3.05) is 0 Å². The molecule has 74 valence electrons. The monoisotopic (exact) mass is 199 g/mol. The zero-order chi connectivity index (χ0) is 10.1. The molecular formula is C10H9N5. The maximum atomic E-state index is 3.97. The molecule has 15 heavy (non-hydrogen) atoms. The number of hydrogen-bond acceptors (Lipinski definition) is 3. The van der Waals surface area contributed by atoms with E-state index >= 15 is 0 Å². The Morgan fingerprint density at radius 2 is 2.27 bits per heavy atom. The van der Waals surface area contributed by atoms with E-state index in [1.54, 1.807) is 4.80 Å². The molecule has 1 N–H and O–H groups in total. The van der Waals surface area contributed by atoms with E-state index in [1.165, 1.54) is 17.3 Å². The Morgan fingerprint density at radius 1 is 1.27 bits per heavy atom. The SMILES string of the molecule is c1nnn(Cc2ccc3[nH]ccc3c2)n1. The summed E-state index contributed by atoms with van der Waals surface area (Å²) in [5, 5.41) is 12.7. The van der Waals surface area contributed by atoms with Gasteiger partial charge in [0.15, 0.2) is 6.33 Å². The third-order valence-corrected chi connectivity index (χ3v) is 2.33. The van der Waals surface area contributed by atoms with Gasteiger partial charge >= 0.3 is 0 Å². The summed E-state index contributed by atoms with van der Waals surface area (Å²) in [7, 11) is 0. The topological polar surface area (TPSA) is 59.4 Å². The van der Waals surface area contributed by atoms with Crippen molar-refractivity contribution in [1.29, 1.82) is 0 Å². The van der Waals surface area contributed by atoms with Crippen molar-refractivity contribution in [1.82, 2.24) is 25.2 Å². The van der Waals surface area contributed by atoms with Crippen LogP contribution >= 0.6 is 0 Å². The van der Waals surface area contributed by atoms with Crippen LogP contribution in [0.1, 0.15) is 5.56 Å². The summed E-state index contributed by atoms with van der Waals surface area (Å²) in [4.78, 5) is 4.72. The minimum Gasteiger partial charge on any atom is -0.361 e. The van der Waals surface area contributed by atoms with Crippen LogP contribution in [0.15, 0.2) is 36.8 Å². The molecule has 0 atom stereocenters. The average Bonchev–Trinajstić information content (AvgIpc) is 2.87. The van der Waals surface area contributed by atoms with Gasteiger partial charge in [-0.15, -0.1) is 10.2 Å². The number of nitrogens with one attached hydrogen (secondary N) is 1. The smallest absolute Gasteiger partial charge is 0.162 e. The van der Waals surface area contributed by atoms with Crippen molar-refractivity contribution in [3.8, 4) is 0 Å². The molecular weight excluding hydrogens is 190 g/mol. The Bertz CT molecular complexity index is 566. The standard InChI is InChI=1S/C10H9N5/c1-2-10-9(3-4-11-10)5-8(1)6-15-13-7-12-14-15/h1-5,7,11H,6H2. The Kier molecular flexibility index (Phi) is 1.74. The van der Waals surface area contributed by atoms with Gasteiger partial charge in [-0.2, -0.15) is 4.80 Å². The van der Waals surface area contributed by atoms with Gasteiger partial charge in [-0.25, -0.2) is 0 Å². The van der Waals surface area contributed by atoms with Gasteiger partial charge in [-0.3, -0.25) is 0 Å². The van der Waals surface area contributed by atoms with E-state index in [9.17, 15) is 0 Å². The number of nitrogens with zero attached hydrogens (tertiary/aromatic N) is 4. The lowest BCUT2D eigenvalue weighted by Crippen LogP contribution is -2.03. The third-order valence-electron chi connectivity index (χ3n) is 2.33. The van der Waals surface area contributed by atoms with Crippen molar-refractivity contribution in [3.05, 3.63) is 42.4 Å². The van der Waals surface area contributed by atoms with Crippen LogP contribution in [0.3, 0.4) is 0 Å². The predicted octanol–water partition coefficient (Wildman–Crippen LogP) is 1.20. The van der Waals surface area contributed by atoms with E-state index in [0.29, 0.717) is 6.54 Å². The van der Waals surface area contributed by atoms with Gasteiger partial charge in [0, 0.05) is 11.7 Å². The van der Waals surface area contributed by atoms with Crippen LogP contribution in [-0.4, -0.2) is 25.2 Å². The molecule has 5 nitrogen and oxygen atoms in total. The van der Waals surface area contributed by atoms with Crippen LogP contribution < -0.4 is 0 Å². The van der Waals surface area contributed by atoms with Gasteiger partial charge in [0.25, 0.3) is 0 Å². The van der Waals surface area contributed by atoms with Gasteiger partial charge in [-0.1, -0.05) is 6.07 Å². The van der Waals surface area contributed by atoms with E-state index in [2.05, 4.69) is 38.6 Å². The minimum atomic E-state index is 0.654. The zero-order valence-electron chi connectivity index (χ0n) is 7.96. The molecule has 0 aliphatic rings. The number of tetrazole rings is 1. The highest BCUT2D eigenvalue weighted by Gasteiger charge is 1.99. The van der Waals surface area contributed by atoms with Gasteiger partial charge in [-0.05, 0) is 34.4 Å². The highest BCUT2D eigenvalue weighted by molar-refractivity contribution is 5.79. The van der Waals surface area contributed by atoms with Crippen LogP contribution in [-0.2, 0) is 6.54 Å². The summed E-state index contributed by atoms with van der Waals surface area (Å²) in [6.45, 7) is 0.654. The van der Waals surface area contributed by atoms with Crippen molar-refractivity contribution >= 4 is 10.9 Å². The fourth-order valence-electron chi connectivity index (χ4n) is 1.63. The summed E-state index contributed by atoms with van der Waals surface area (Å²) >= 11 is 0. The van der Waals surface area contributed by atoms with Crippen LogP contribution in [0.4, 0.5) is 0 Å². The highest BCUT2D eigenvalue weighted by Crippen LogP contribution is 2.14. The van der Waals surface area contributed by atoms with E-state index in [4.69, 9.17) is 0 Å². The van der Waals surface area contributed by atoms with Gasteiger partial charge in [0.05, 0.1) is 6.54 Å². The highest BCUT2D eigenvalue weighted by atomic mass is 15.6. The molecule has 0 fully saturated rings. The molecule has 5 heteroatoms. The molecule has 3 rings (SSSR count). The summed E-state index contributed by atoms with van der Waals surface area (Å²) in [6.07, 6.45) is 3.37. The first-order chi connectivity index (χ1) is 7.42. The molecule has 0 spiro atoms. The van der Waals surface area contributed by atoms with Gasteiger partial charge < -0.3 is 4.98 Å². The number of hydrogen-bond donors (Lipinski definition) is 1. The first-order valence-corrected chi connectivity index (χ1v) is 4.68. The lowest BCUT2D eigenvalue weighted by atomic mass is 10.1. The van der Waals surface area contributed by atoms with E-state index in [0.717, 1.165) is 5.52 Å². The van der Waals surface area contributed by atoms with E-state index < -0.39 is 0 Å². The number of fused-ring (bicyclic) bond motifs is 1. The van der Waals surface area contributed by atoms with Crippen LogP contribution in [0, 0.1) is 0 Å². The fraction of sp³-hybridized carbons (Fsp3) is 0.100. The van der Waals surface area contributed by atoms with Crippen molar-refractivity contribution < 1.29 is 0 Å². The second-order valence-electron chi connectivity index (χ2n) is 3.37. The number of rotatable bonds is 2. The quantitative estimate of drug-likeness (QED) is 0.674. The summed E-state index contributed by atoms with van der Waals surface area (Å²) in [6, 6.07) is 8.28. The Labute approximate surface area is 85.7 Å². The van der Waals surface area contributed by atoms with Crippen LogP contribution in [0.25, 0.3) is 10.9 Å². The number of aromatic nitrogens is 5. The molecule has 0 unspecified atom stereocenters. The molecule has 0 amide bonds. The van der Waals surface area contributed by atoms with E-state index in [-0.39, 0.29) is 0 Å². The molecule has 3 aromatic rings. The van der Waals surface area contributed by atoms with Crippen molar-refractivity contribution in [2.45, 2.75) is 6.54 Å². The molecule has 1 aromatic carbocycles. The average molecular weight is 199 g/mol. The zero-order valence-corrected chi connectivity index (χ0v) is 7.96. The summed E-state index contributed by atoms with van der Waals surface area (Å²) < 4.78 is 0. The number of H-pyrrole nitrogens is 1.